The summed E-state index contributed by atoms with van der Waals surface area (Å²) in [6.45, 7) is 0.634. The number of ether oxygens (including phenoxy) is 1. The minimum Gasteiger partial charge on any atom is -0.497 e. The Hall–Kier alpha value is -1.48. The fraction of sp³-hybridized carbons (Fsp3) is 0.571. The average molecular weight is 342 g/mol. The van der Waals surface area contributed by atoms with Crippen LogP contribution in [0, 0.1) is 0 Å². The fourth-order valence-electron chi connectivity index (χ4n) is 2.67. The number of alkyl halides is 6. The molecule has 0 aliphatic carbocycles. The van der Waals surface area contributed by atoms with Gasteiger partial charge in [-0.2, -0.15) is 26.3 Å². The molecule has 1 heterocycles. The smallest absolute Gasteiger partial charge is 0.416 e. The molecular formula is C14H16F6N2O. The van der Waals surface area contributed by atoms with E-state index in [4.69, 9.17) is 4.74 Å². The van der Waals surface area contributed by atoms with Crippen LogP contribution in [0.5, 0.6) is 5.75 Å². The zero-order valence-electron chi connectivity index (χ0n) is 12.3. The number of halogens is 6. The van der Waals surface area contributed by atoms with Crippen LogP contribution in [0.4, 0.5) is 26.3 Å². The third-order valence-electron chi connectivity index (χ3n) is 3.69. The second-order valence-electron chi connectivity index (χ2n) is 5.18. The first-order chi connectivity index (χ1) is 10.6. The number of hydrogen-bond donors (Lipinski definition) is 1. The molecule has 1 aliphatic heterocycles. The SMILES string of the molecule is COc1ccc([C@@H](N2CCNCC2)C(F)(F)F)c(C(F)(F)F)c1. The summed E-state index contributed by atoms with van der Waals surface area (Å²) < 4.78 is 84.8. The topological polar surface area (TPSA) is 24.5 Å². The Morgan fingerprint density at radius 1 is 1.09 bits per heavy atom. The van der Waals surface area contributed by atoms with Crippen molar-refractivity contribution in [3.8, 4) is 5.75 Å². The second-order valence-corrected chi connectivity index (χ2v) is 5.18. The number of nitrogens with zero attached hydrogens (tertiary/aromatic N) is 1. The van der Waals surface area contributed by atoms with Crippen molar-refractivity contribution in [1.82, 2.24) is 10.2 Å². The summed E-state index contributed by atoms with van der Waals surface area (Å²) in [5.41, 5.74) is -2.12. The second kappa shape index (κ2) is 6.56. The van der Waals surface area contributed by atoms with Crippen LogP contribution in [0.3, 0.4) is 0 Å². The van der Waals surface area contributed by atoms with Gasteiger partial charge in [0, 0.05) is 26.2 Å². The molecule has 0 saturated carbocycles. The van der Waals surface area contributed by atoms with E-state index in [9.17, 15) is 26.3 Å². The maximum Gasteiger partial charge on any atom is 0.416 e. The van der Waals surface area contributed by atoms with Crippen LogP contribution in [0.25, 0.3) is 0 Å². The molecule has 0 bridgehead atoms. The Kier molecular flexibility index (Phi) is 5.10. The van der Waals surface area contributed by atoms with E-state index in [-0.39, 0.29) is 18.8 Å². The molecule has 1 saturated heterocycles. The molecule has 1 fully saturated rings. The summed E-state index contributed by atoms with van der Waals surface area (Å²) in [6, 6.07) is 0.274. The van der Waals surface area contributed by atoms with E-state index in [0.29, 0.717) is 19.2 Å². The van der Waals surface area contributed by atoms with Gasteiger partial charge in [-0.05, 0) is 17.7 Å². The first-order valence-electron chi connectivity index (χ1n) is 6.91. The minimum absolute atomic E-state index is 0.0213. The van der Waals surface area contributed by atoms with Gasteiger partial charge in [0.1, 0.15) is 11.8 Å². The first kappa shape index (κ1) is 17.9. The highest BCUT2D eigenvalue weighted by Crippen LogP contribution is 2.44. The Bertz CT molecular complexity index is 537. The molecule has 0 radical (unpaired) electrons. The number of benzene rings is 1. The van der Waals surface area contributed by atoms with Crippen LogP contribution in [-0.4, -0.2) is 44.4 Å². The molecule has 1 aliphatic rings. The van der Waals surface area contributed by atoms with Gasteiger partial charge in [0.2, 0.25) is 0 Å². The number of methoxy groups -OCH3 is 1. The van der Waals surface area contributed by atoms with Crippen LogP contribution in [0.2, 0.25) is 0 Å². The van der Waals surface area contributed by atoms with Crippen LogP contribution in [0.1, 0.15) is 17.2 Å². The van der Waals surface area contributed by atoms with Crippen molar-refractivity contribution in [3.63, 3.8) is 0 Å². The van der Waals surface area contributed by atoms with Gasteiger partial charge in [0.05, 0.1) is 12.7 Å². The molecule has 1 atom stereocenters. The Morgan fingerprint density at radius 2 is 1.70 bits per heavy atom. The molecule has 1 N–H and O–H groups in total. The summed E-state index contributed by atoms with van der Waals surface area (Å²) in [6.07, 6.45) is -9.71. The van der Waals surface area contributed by atoms with Crippen molar-refractivity contribution >= 4 is 0 Å². The van der Waals surface area contributed by atoms with Crippen molar-refractivity contribution in [2.75, 3.05) is 33.3 Å². The third kappa shape index (κ3) is 4.08. The molecule has 0 spiro atoms. The summed E-state index contributed by atoms with van der Waals surface area (Å²) in [5, 5.41) is 2.88. The Labute approximate surface area is 129 Å². The van der Waals surface area contributed by atoms with E-state index < -0.39 is 29.5 Å². The highest BCUT2D eigenvalue weighted by Gasteiger charge is 2.48. The highest BCUT2D eigenvalue weighted by molar-refractivity contribution is 5.40. The van der Waals surface area contributed by atoms with Crippen LogP contribution >= 0.6 is 0 Å². The molecule has 0 unspecified atom stereocenters. The lowest BCUT2D eigenvalue weighted by molar-refractivity contribution is -0.190. The molecular weight excluding hydrogens is 326 g/mol. The average Bonchev–Trinajstić information content (AvgIpc) is 2.46. The molecule has 1 aromatic carbocycles. The zero-order chi connectivity index (χ0) is 17.3. The maximum atomic E-state index is 13.5. The summed E-state index contributed by atoms with van der Waals surface area (Å²) in [4.78, 5) is 1.02. The maximum absolute atomic E-state index is 13.5. The highest BCUT2D eigenvalue weighted by atomic mass is 19.4. The Balaban J connectivity index is 2.53. The predicted octanol–water partition coefficient (Wildman–Crippen LogP) is 3.22. The normalized spacial score (nSPS) is 18.7. The molecule has 1 aromatic rings. The fourth-order valence-corrected chi connectivity index (χ4v) is 2.67. The van der Waals surface area contributed by atoms with Crippen molar-refractivity contribution < 1.29 is 31.1 Å². The van der Waals surface area contributed by atoms with Crippen molar-refractivity contribution in [1.29, 1.82) is 0 Å². The van der Waals surface area contributed by atoms with Crippen molar-refractivity contribution in [2.24, 2.45) is 0 Å². The van der Waals surface area contributed by atoms with Gasteiger partial charge in [0.15, 0.2) is 0 Å². The summed E-state index contributed by atoms with van der Waals surface area (Å²) in [5.74, 6) is -0.137. The molecule has 9 heteroatoms. The van der Waals surface area contributed by atoms with Gasteiger partial charge in [-0.25, -0.2) is 0 Å². The van der Waals surface area contributed by atoms with E-state index >= 15 is 0 Å². The van der Waals surface area contributed by atoms with E-state index in [1.54, 1.807) is 0 Å². The van der Waals surface area contributed by atoms with Gasteiger partial charge in [0.25, 0.3) is 0 Å². The monoisotopic (exact) mass is 342 g/mol. The summed E-state index contributed by atoms with van der Waals surface area (Å²) in [7, 11) is 1.16. The Morgan fingerprint density at radius 3 is 2.17 bits per heavy atom. The van der Waals surface area contributed by atoms with E-state index in [1.165, 1.54) is 0 Å². The van der Waals surface area contributed by atoms with Gasteiger partial charge >= 0.3 is 12.4 Å². The quantitative estimate of drug-likeness (QED) is 0.854. The zero-order valence-corrected chi connectivity index (χ0v) is 12.3. The van der Waals surface area contributed by atoms with Crippen molar-refractivity contribution in [3.05, 3.63) is 29.3 Å². The van der Waals surface area contributed by atoms with Crippen LogP contribution in [-0.2, 0) is 6.18 Å². The van der Waals surface area contributed by atoms with E-state index in [1.807, 2.05) is 0 Å². The van der Waals surface area contributed by atoms with Gasteiger partial charge in [-0.1, -0.05) is 6.07 Å². The largest absolute Gasteiger partial charge is 0.497 e. The van der Waals surface area contributed by atoms with Gasteiger partial charge < -0.3 is 10.1 Å². The van der Waals surface area contributed by atoms with Gasteiger partial charge in [-0.15, -0.1) is 0 Å². The number of rotatable bonds is 3. The standard InChI is InChI=1S/C14H16F6N2O/c1-23-9-2-3-10(11(8-9)13(15,16)17)12(14(18,19)20)22-6-4-21-5-7-22/h2-3,8,12,21H,4-7H2,1H3/t12-/m1/s1. The third-order valence-corrected chi connectivity index (χ3v) is 3.69. The number of hydrogen-bond acceptors (Lipinski definition) is 3. The van der Waals surface area contributed by atoms with E-state index in [0.717, 1.165) is 24.1 Å². The minimum atomic E-state index is -4.90. The molecule has 3 nitrogen and oxygen atoms in total. The lowest BCUT2D eigenvalue weighted by Gasteiger charge is -2.37. The number of piperazine rings is 1. The molecule has 0 aromatic heterocycles. The lowest BCUT2D eigenvalue weighted by Crippen LogP contribution is -2.49. The number of nitrogens with one attached hydrogen (secondary N) is 1. The van der Waals surface area contributed by atoms with E-state index in [2.05, 4.69) is 5.32 Å². The van der Waals surface area contributed by atoms with Gasteiger partial charge in [-0.3, -0.25) is 4.90 Å². The molecule has 2 rings (SSSR count). The summed E-state index contributed by atoms with van der Waals surface area (Å²) >= 11 is 0. The molecule has 0 amide bonds. The lowest BCUT2D eigenvalue weighted by atomic mass is 9.97. The molecule has 130 valence electrons. The van der Waals surface area contributed by atoms with Crippen LogP contribution in [0.15, 0.2) is 18.2 Å². The predicted molar refractivity (Wildman–Crippen MR) is 71.2 cm³/mol. The molecule has 23 heavy (non-hydrogen) atoms. The van der Waals surface area contributed by atoms with Crippen molar-refractivity contribution in [2.45, 2.75) is 18.4 Å². The van der Waals surface area contributed by atoms with Crippen LogP contribution < -0.4 is 10.1 Å². The first-order valence-corrected chi connectivity index (χ1v) is 6.91.